The minimum Gasteiger partial charge on any atom is -0.394 e. The van der Waals surface area contributed by atoms with E-state index in [9.17, 15) is 0 Å². The van der Waals surface area contributed by atoms with Crippen molar-refractivity contribution >= 4 is 17.2 Å². The molecule has 2 heterocycles. The van der Waals surface area contributed by atoms with E-state index in [1.54, 1.807) is 11.3 Å². The van der Waals surface area contributed by atoms with E-state index in [0.29, 0.717) is 12.6 Å². The van der Waals surface area contributed by atoms with Gasteiger partial charge in [0.1, 0.15) is 5.82 Å². The summed E-state index contributed by atoms with van der Waals surface area (Å²) in [5.74, 6) is 1.02. The summed E-state index contributed by atoms with van der Waals surface area (Å²) < 4.78 is 1.86. The Morgan fingerprint density at radius 2 is 2.26 bits per heavy atom. The van der Waals surface area contributed by atoms with Crippen LogP contribution in [0.2, 0.25) is 0 Å². The van der Waals surface area contributed by atoms with Gasteiger partial charge in [-0.3, -0.25) is 0 Å². The van der Waals surface area contributed by atoms with Crippen molar-refractivity contribution in [3.8, 4) is 0 Å². The number of nitrogens with one attached hydrogen (secondary N) is 1. The second kappa shape index (κ2) is 6.21. The van der Waals surface area contributed by atoms with Crippen molar-refractivity contribution in [3.63, 3.8) is 0 Å². The van der Waals surface area contributed by atoms with E-state index in [-0.39, 0.29) is 6.61 Å². The van der Waals surface area contributed by atoms with Crippen molar-refractivity contribution < 1.29 is 5.11 Å². The fourth-order valence-electron chi connectivity index (χ4n) is 2.16. The van der Waals surface area contributed by atoms with Crippen LogP contribution in [-0.4, -0.2) is 27.5 Å². The number of aromatic nitrogens is 2. The fourth-order valence-corrected chi connectivity index (χ4v) is 2.84. The van der Waals surface area contributed by atoms with Crippen LogP contribution in [0.1, 0.15) is 23.7 Å². The molecule has 2 rings (SSSR count). The van der Waals surface area contributed by atoms with Gasteiger partial charge in [-0.05, 0) is 49.6 Å². The second-order valence-electron chi connectivity index (χ2n) is 4.89. The molecule has 0 radical (unpaired) electrons. The molecule has 2 aromatic rings. The molecule has 0 aliphatic heterocycles. The number of hydrogen-bond acceptors (Lipinski definition) is 4. The highest BCUT2D eigenvalue weighted by molar-refractivity contribution is 7.07. The molecule has 0 saturated carbocycles. The van der Waals surface area contributed by atoms with Crippen LogP contribution >= 0.6 is 11.3 Å². The molecule has 1 unspecified atom stereocenters. The second-order valence-corrected chi connectivity index (χ2v) is 5.67. The third-order valence-corrected chi connectivity index (χ3v) is 3.98. The molecule has 1 atom stereocenters. The predicted molar refractivity (Wildman–Crippen MR) is 79.9 cm³/mol. The van der Waals surface area contributed by atoms with Crippen LogP contribution in [0.3, 0.4) is 0 Å². The van der Waals surface area contributed by atoms with Crippen LogP contribution in [0, 0.1) is 13.8 Å². The van der Waals surface area contributed by atoms with Gasteiger partial charge in [0.25, 0.3) is 0 Å². The quantitative estimate of drug-likeness (QED) is 0.854. The van der Waals surface area contributed by atoms with E-state index in [1.165, 1.54) is 5.56 Å². The van der Waals surface area contributed by atoms with Crippen LogP contribution in [0.15, 0.2) is 16.8 Å². The highest BCUT2D eigenvalue weighted by atomic mass is 32.1. The molecule has 0 bridgehead atoms. The van der Waals surface area contributed by atoms with Crippen LogP contribution in [0.25, 0.3) is 0 Å². The summed E-state index contributed by atoms with van der Waals surface area (Å²) in [6.45, 7) is 6.87. The number of aryl methyl sites for hydroxylation is 1. The maximum Gasteiger partial charge on any atom is 0.127 e. The number of aliphatic hydroxyl groups excluding tert-OH is 1. The number of nitrogens with zero attached hydrogens (tertiary/aromatic N) is 2. The Morgan fingerprint density at radius 1 is 1.47 bits per heavy atom. The molecule has 0 aromatic carbocycles. The monoisotopic (exact) mass is 279 g/mol. The van der Waals surface area contributed by atoms with Crippen LogP contribution < -0.4 is 5.32 Å². The first-order chi connectivity index (χ1) is 9.11. The summed E-state index contributed by atoms with van der Waals surface area (Å²) >= 11 is 1.73. The van der Waals surface area contributed by atoms with Crippen molar-refractivity contribution in [1.82, 2.24) is 9.78 Å². The zero-order chi connectivity index (χ0) is 13.8. The minimum absolute atomic E-state index is 0.105. The summed E-state index contributed by atoms with van der Waals surface area (Å²) in [6, 6.07) is 2.49. The lowest BCUT2D eigenvalue weighted by Gasteiger charge is -2.16. The highest BCUT2D eigenvalue weighted by Crippen LogP contribution is 2.20. The van der Waals surface area contributed by atoms with E-state index < -0.39 is 0 Å². The lowest BCUT2D eigenvalue weighted by atomic mass is 10.1. The summed E-state index contributed by atoms with van der Waals surface area (Å²) in [4.78, 5) is 0. The first kappa shape index (κ1) is 14.1. The Kier molecular flexibility index (Phi) is 4.61. The van der Waals surface area contributed by atoms with Crippen molar-refractivity contribution in [2.45, 2.75) is 39.8 Å². The smallest absolute Gasteiger partial charge is 0.127 e. The molecule has 0 aliphatic carbocycles. The number of aliphatic hydroxyl groups is 1. The average molecular weight is 279 g/mol. The maximum absolute atomic E-state index is 9.10. The number of hydrogen-bond donors (Lipinski definition) is 2. The van der Waals surface area contributed by atoms with Crippen molar-refractivity contribution in [1.29, 1.82) is 0 Å². The summed E-state index contributed by atoms with van der Waals surface area (Å²) in [5, 5.41) is 21.3. The average Bonchev–Trinajstić information content (AvgIpc) is 2.94. The molecular weight excluding hydrogens is 258 g/mol. The molecule has 0 fully saturated rings. The van der Waals surface area contributed by atoms with Crippen LogP contribution in [0.4, 0.5) is 5.82 Å². The third kappa shape index (κ3) is 3.36. The van der Waals surface area contributed by atoms with Crippen LogP contribution in [0.5, 0.6) is 0 Å². The van der Waals surface area contributed by atoms with E-state index in [0.717, 1.165) is 23.5 Å². The zero-order valence-electron chi connectivity index (χ0n) is 11.7. The predicted octanol–water partition coefficient (Wildman–Crippen LogP) is 2.60. The first-order valence-corrected chi connectivity index (χ1v) is 7.48. The van der Waals surface area contributed by atoms with Gasteiger partial charge in [0, 0.05) is 11.6 Å². The number of anilines is 1. The van der Waals surface area contributed by atoms with Gasteiger partial charge in [-0.25, -0.2) is 4.68 Å². The molecule has 104 valence electrons. The number of thiophene rings is 1. The van der Waals surface area contributed by atoms with E-state index in [1.807, 2.05) is 11.6 Å². The van der Waals surface area contributed by atoms with Gasteiger partial charge in [-0.15, -0.1) is 0 Å². The van der Waals surface area contributed by atoms with Gasteiger partial charge in [0.05, 0.1) is 18.8 Å². The molecular formula is C14H21N3OS. The van der Waals surface area contributed by atoms with Gasteiger partial charge in [-0.1, -0.05) is 0 Å². The molecule has 0 aliphatic rings. The van der Waals surface area contributed by atoms with Gasteiger partial charge in [-0.2, -0.15) is 16.4 Å². The Hall–Kier alpha value is -1.33. The Balaban J connectivity index is 2.09. The zero-order valence-corrected chi connectivity index (χ0v) is 12.5. The Labute approximate surface area is 118 Å². The molecule has 0 spiro atoms. The molecule has 0 saturated heterocycles. The fraction of sp³-hybridized carbons (Fsp3) is 0.500. The van der Waals surface area contributed by atoms with Gasteiger partial charge < -0.3 is 10.4 Å². The van der Waals surface area contributed by atoms with Crippen molar-refractivity contribution in [3.05, 3.63) is 33.6 Å². The lowest BCUT2D eigenvalue weighted by molar-refractivity contribution is 0.270. The topological polar surface area (TPSA) is 50.1 Å². The summed E-state index contributed by atoms with van der Waals surface area (Å²) in [7, 11) is 0. The standard InChI is InChI=1S/C14H21N3OS/c1-10(8-13-4-7-19-9-13)15-14-11(2)12(3)16-17(14)5-6-18/h4,7,9-10,15,18H,5-6,8H2,1-3H3. The van der Waals surface area contributed by atoms with Gasteiger partial charge in [0.15, 0.2) is 0 Å². The first-order valence-electron chi connectivity index (χ1n) is 6.54. The SMILES string of the molecule is Cc1nn(CCO)c(NC(C)Cc2ccsc2)c1C. The highest BCUT2D eigenvalue weighted by Gasteiger charge is 2.13. The van der Waals surface area contributed by atoms with Gasteiger partial charge >= 0.3 is 0 Å². The Morgan fingerprint density at radius 3 is 2.89 bits per heavy atom. The molecule has 4 nitrogen and oxygen atoms in total. The maximum atomic E-state index is 9.10. The molecule has 19 heavy (non-hydrogen) atoms. The minimum atomic E-state index is 0.105. The molecule has 0 amide bonds. The molecule has 2 aromatic heterocycles. The van der Waals surface area contributed by atoms with E-state index in [2.05, 4.69) is 41.1 Å². The van der Waals surface area contributed by atoms with Crippen molar-refractivity contribution in [2.24, 2.45) is 0 Å². The van der Waals surface area contributed by atoms with Crippen LogP contribution in [-0.2, 0) is 13.0 Å². The summed E-state index contributed by atoms with van der Waals surface area (Å²) in [5.41, 5.74) is 3.52. The van der Waals surface area contributed by atoms with Gasteiger partial charge in [0.2, 0.25) is 0 Å². The lowest BCUT2D eigenvalue weighted by Crippen LogP contribution is -2.21. The normalized spacial score (nSPS) is 12.6. The van der Waals surface area contributed by atoms with E-state index in [4.69, 9.17) is 5.11 Å². The third-order valence-electron chi connectivity index (χ3n) is 3.24. The Bertz CT molecular complexity index is 519. The largest absolute Gasteiger partial charge is 0.394 e. The van der Waals surface area contributed by atoms with Crippen molar-refractivity contribution in [2.75, 3.05) is 11.9 Å². The number of rotatable bonds is 6. The summed E-state index contributed by atoms with van der Waals surface area (Å²) in [6.07, 6.45) is 0.992. The molecule has 2 N–H and O–H groups in total. The van der Waals surface area contributed by atoms with E-state index >= 15 is 0 Å². The molecule has 5 heteroatoms.